The highest BCUT2D eigenvalue weighted by Crippen LogP contribution is 2.31. The van der Waals surface area contributed by atoms with Crippen LogP contribution in [-0.4, -0.2) is 17.1 Å². The number of nitrogens with two attached hydrogens (primary N) is 1. The minimum atomic E-state index is -0.0796. The van der Waals surface area contributed by atoms with Crippen molar-refractivity contribution in [3.63, 3.8) is 0 Å². The molecule has 1 heterocycles. The van der Waals surface area contributed by atoms with Crippen molar-refractivity contribution in [2.24, 2.45) is 0 Å². The molecule has 0 saturated heterocycles. The molecule has 1 aromatic heterocycles. The van der Waals surface area contributed by atoms with Gasteiger partial charge in [-0.05, 0) is 24.6 Å². The van der Waals surface area contributed by atoms with Gasteiger partial charge in [-0.2, -0.15) is 0 Å². The molecule has 2 aromatic rings. The summed E-state index contributed by atoms with van der Waals surface area (Å²) in [6, 6.07) is 7.78. The van der Waals surface area contributed by atoms with Crippen molar-refractivity contribution in [1.82, 2.24) is 9.97 Å². The number of nitrogen functional groups attached to an aromatic ring is 1. The van der Waals surface area contributed by atoms with Crippen molar-refractivity contribution in [2.45, 2.75) is 33.1 Å². The summed E-state index contributed by atoms with van der Waals surface area (Å²) < 4.78 is 5.43. The number of hydrogen-bond donors (Lipinski definition) is 1. The number of hydrogen-bond acceptors (Lipinski definition) is 4. The molecule has 106 valence electrons. The summed E-state index contributed by atoms with van der Waals surface area (Å²) in [4.78, 5) is 8.98. The first-order chi connectivity index (χ1) is 9.31. The zero-order valence-corrected chi connectivity index (χ0v) is 12.7. The van der Waals surface area contributed by atoms with Gasteiger partial charge >= 0.3 is 0 Å². The van der Waals surface area contributed by atoms with Crippen LogP contribution >= 0.6 is 0 Å². The third-order valence-corrected chi connectivity index (χ3v) is 3.11. The highest BCUT2D eigenvalue weighted by molar-refractivity contribution is 5.66. The van der Waals surface area contributed by atoms with Gasteiger partial charge in [0.2, 0.25) is 0 Å². The van der Waals surface area contributed by atoms with Crippen LogP contribution in [0.1, 0.15) is 32.0 Å². The van der Waals surface area contributed by atoms with E-state index in [1.165, 1.54) is 0 Å². The minimum absolute atomic E-state index is 0.0796. The molecule has 2 N–H and O–H groups in total. The summed E-state index contributed by atoms with van der Waals surface area (Å²) in [5, 5.41) is 0. The Balaban J connectivity index is 2.61. The van der Waals surface area contributed by atoms with E-state index in [2.05, 4.69) is 30.7 Å². The normalized spacial score (nSPS) is 11.4. The molecule has 0 aliphatic carbocycles. The predicted octanol–water partition coefficient (Wildman–Crippen LogP) is 3.34. The average molecular weight is 271 g/mol. The van der Waals surface area contributed by atoms with Gasteiger partial charge in [0.1, 0.15) is 11.6 Å². The molecule has 0 amide bonds. The highest BCUT2D eigenvalue weighted by atomic mass is 16.5. The summed E-state index contributed by atoms with van der Waals surface area (Å²) >= 11 is 0. The second-order valence-corrected chi connectivity index (χ2v) is 5.96. The maximum Gasteiger partial charge on any atom is 0.165 e. The molecule has 20 heavy (non-hydrogen) atoms. The molecule has 4 nitrogen and oxygen atoms in total. The Bertz CT molecular complexity index is 630. The Morgan fingerprint density at radius 2 is 1.80 bits per heavy atom. The third kappa shape index (κ3) is 2.90. The van der Waals surface area contributed by atoms with Gasteiger partial charge in [-0.3, -0.25) is 0 Å². The summed E-state index contributed by atoms with van der Waals surface area (Å²) in [5.74, 6) is 1.84. The van der Waals surface area contributed by atoms with Gasteiger partial charge in [0.05, 0.1) is 18.4 Å². The maximum absolute atomic E-state index is 5.92. The molecule has 0 aliphatic rings. The molecule has 2 rings (SSSR count). The van der Waals surface area contributed by atoms with Crippen molar-refractivity contribution in [1.29, 1.82) is 0 Å². The van der Waals surface area contributed by atoms with Crippen LogP contribution in [-0.2, 0) is 5.41 Å². The quantitative estimate of drug-likeness (QED) is 0.910. The van der Waals surface area contributed by atoms with Crippen LogP contribution in [0.5, 0.6) is 5.75 Å². The lowest BCUT2D eigenvalue weighted by atomic mass is 9.92. The van der Waals surface area contributed by atoms with Crippen LogP contribution in [0, 0.1) is 6.92 Å². The molecule has 0 spiro atoms. The van der Waals surface area contributed by atoms with Gasteiger partial charge in [0.15, 0.2) is 5.82 Å². The molecule has 0 radical (unpaired) electrons. The van der Waals surface area contributed by atoms with E-state index < -0.39 is 0 Å². The van der Waals surface area contributed by atoms with Gasteiger partial charge in [0, 0.05) is 11.5 Å². The number of ether oxygens (including phenoxy) is 1. The van der Waals surface area contributed by atoms with Crippen molar-refractivity contribution in [3.05, 3.63) is 35.5 Å². The fourth-order valence-corrected chi connectivity index (χ4v) is 1.95. The minimum Gasteiger partial charge on any atom is -0.496 e. The van der Waals surface area contributed by atoms with Crippen molar-refractivity contribution in [2.75, 3.05) is 12.8 Å². The first kappa shape index (κ1) is 14.3. The summed E-state index contributed by atoms with van der Waals surface area (Å²) in [7, 11) is 1.65. The number of rotatable bonds is 2. The molecule has 0 aliphatic heterocycles. The number of methoxy groups -OCH3 is 1. The number of aryl methyl sites for hydroxylation is 1. The van der Waals surface area contributed by atoms with Crippen molar-refractivity contribution >= 4 is 5.82 Å². The number of anilines is 1. The second kappa shape index (κ2) is 5.12. The summed E-state index contributed by atoms with van der Waals surface area (Å²) in [6.07, 6.45) is 0. The topological polar surface area (TPSA) is 61.0 Å². The van der Waals surface area contributed by atoms with Crippen LogP contribution in [0.25, 0.3) is 11.4 Å². The Labute approximate surface area is 120 Å². The van der Waals surface area contributed by atoms with Crippen molar-refractivity contribution in [3.8, 4) is 17.1 Å². The highest BCUT2D eigenvalue weighted by Gasteiger charge is 2.19. The Morgan fingerprint density at radius 3 is 2.40 bits per heavy atom. The van der Waals surface area contributed by atoms with Crippen LogP contribution in [0.15, 0.2) is 24.3 Å². The predicted molar refractivity (Wildman–Crippen MR) is 81.9 cm³/mol. The van der Waals surface area contributed by atoms with E-state index in [1.807, 2.05) is 31.2 Å². The maximum atomic E-state index is 5.92. The molecular weight excluding hydrogens is 250 g/mol. The van der Waals surface area contributed by atoms with E-state index in [0.717, 1.165) is 22.6 Å². The molecule has 0 unspecified atom stereocenters. The van der Waals surface area contributed by atoms with Gasteiger partial charge in [-0.25, -0.2) is 9.97 Å². The lowest BCUT2D eigenvalue weighted by Gasteiger charge is -2.19. The van der Waals surface area contributed by atoms with Crippen LogP contribution < -0.4 is 10.5 Å². The first-order valence-electron chi connectivity index (χ1n) is 6.61. The van der Waals surface area contributed by atoms with Gasteiger partial charge < -0.3 is 10.5 Å². The van der Waals surface area contributed by atoms with Crippen LogP contribution in [0.2, 0.25) is 0 Å². The molecule has 0 bridgehead atoms. The molecule has 4 heteroatoms. The zero-order chi connectivity index (χ0) is 14.9. The van der Waals surface area contributed by atoms with Gasteiger partial charge in [-0.15, -0.1) is 0 Å². The Hall–Kier alpha value is -2.10. The largest absolute Gasteiger partial charge is 0.496 e. The van der Waals surface area contributed by atoms with E-state index >= 15 is 0 Å². The number of aromatic nitrogens is 2. The first-order valence-corrected chi connectivity index (χ1v) is 6.61. The number of benzene rings is 1. The van der Waals surface area contributed by atoms with Gasteiger partial charge in [0.25, 0.3) is 0 Å². The lowest BCUT2D eigenvalue weighted by Crippen LogP contribution is -2.15. The molecule has 0 saturated carbocycles. The fourth-order valence-electron chi connectivity index (χ4n) is 1.95. The SMILES string of the molecule is COc1cc(C)ccc1-c1nc(N)cc(C(C)(C)C)n1. The summed E-state index contributed by atoms with van der Waals surface area (Å²) in [6.45, 7) is 8.33. The zero-order valence-electron chi connectivity index (χ0n) is 12.7. The average Bonchev–Trinajstić information content (AvgIpc) is 2.36. The lowest BCUT2D eigenvalue weighted by molar-refractivity contribution is 0.415. The Morgan fingerprint density at radius 1 is 1.10 bits per heavy atom. The summed E-state index contributed by atoms with van der Waals surface area (Å²) in [5.41, 5.74) is 8.75. The molecule has 0 fully saturated rings. The molecule has 1 aromatic carbocycles. The van der Waals surface area contributed by atoms with E-state index in [1.54, 1.807) is 7.11 Å². The van der Waals surface area contributed by atoms with E-state index in [9.17, 15) is 0 Å². The molecule has 0 atom stereocenters. The smallest absolute Gasteiger partial charge is 0.165 e. The number of nitrogens with zero attached hydrogens (tertiary/aromatic N) is 2. The standard InChI is InChI=1S/C16H21N3O/c1-10-6-7-11(12(8-10)20-5)15-18-13(16(2,3)4)9-14(17)19-15/h6-9H,1-5H3,(H2,17,18,19). The van der Waals surface area contributed by atoms with Gasteiger partial charge in [-0.1, -0.05) is 26.8 Å². The van der Waals surface area contributed by atoms with Crippen LogP contribution in [0.3, 0.4) is 0 Å². The fraction of sp³-hybridized carbons (Fsp3) is 0.375. The monoisotopic (exact) mass is 271 g/mol. The van der Waals surface area contributed by atoms with E-state index in [0.29, 0.717) is 11.6 Å². The van der Waals surface area contributed by atoms with Crippen LogP contribution in [0.4, 0.5) is 5.82 Å². The van der Waals surface area contributed by atoms with Crippen molar-refractivity contribution < 1.29 is 4.74 Å². The molecular formula is C16H21N3O. The third-order valence-electron chi connectivity index (χ3n) is 3.11. The van der Waals surface area contributed by atoms with E-state index in [-0.39, 0.29) is 5.41 Å². The Kier molecular flexibility index (Phi) is 3.66. The van der Waals surface area contributed by atoms with E-state index in [4.69, 9.17) is 10.5 Å². The second-order valence-electron chi connectivity index (χ2n) is 5.96.